The molecule has 1 unspecified atom stereocenters. The molecule has 0 bridgehead atoms. The number of hydrogen-bond acceptors (Lipinski definition) is 4. The second-order valence-electron chi connectivity index (χ2n) is 3.36. The molecule has 0 radical (unpaired) electrons. The molecule has 0 aliphatic carbocycles. The van der Waals surface area contributed by atoms with Crippen LogP contribution in [-0.2, 0) is 7.05 Å². The SMILES string of the molecule is CSC(C)CNC(=O)c1nn(C)cc1N. The Balaban J connectivity index is 2.58. The Labute approximate surface area is 93.4 Å². The van der Waals surface area contributed by atoms with Gasteiger partial charge >= 0.3 is 0 Å². The smallest absolute Gasteiger partial charge is 0.273 e. The number of hydrogen-bond donors (Lipinski definition) is 2. The maximum atomic E-state index is 11.6. The number of aromatic nitrogens is 2. The first kappa shape index (κ1) is 11.9. The fraction of sp³-hybridized carbons (Fsp3) is 0.556. The summed E-state index contributed by atoms with van der Waals surface area (Å²) >= 11 is 1.70. The lowest BCUT2D eigenvalue weighted by Crippen LogP contribution is -2.30. The lowest BCUT2D eigenvalue weighted by molar-refractivity contribution is 0.0949. The molecule has 0 saturated heterocycles. The van der Waals surface area contributed by atoms with Crippen molar-refractivity contribution in [3.8, 4) is 0 Å². The minimum absolute atomic E-state index is 0.214. The quantitative estimate of drug-likeness (QED) is 0.786. The number of nitrogens with one attached hydrogen (secondary N) is 1. The lowest BCUT2D eigenvalue weighted by atomic mass is 10.3. The molecule has 6 heteroatoms. The van der Waals surface area contributed by atoms with E-state index in [9.17, 15) is 4.79 Å². The molecule has 1 rings (SSSR count). The third-order valence-electron chi connectivity index (χ3n) is 2.02. The van der Waals surface area contributed by atoms with Crippen LogP contribution in [0, 0.1) is 0 Å². The van der Waals surface area contributed by atoms with E-state index in [2.05, 4.69) is 10.4 Å². The van der Waals surface area contributed by atoms with Crippen LogP contribution in [0.15, 0.2) is 6.20 Å². The zero-order valence-electron chi connectivity index (χ0n) is 9.15. The van der Waals surface area contributed by atoms with Crippen molar-refractivity contribution >= 4 is 23.4 Å². The highest BCUT2D eigenvalue weighted by Gasteiger charge is 2.14. The molecule has 0 saturated carbocycles. The molecule has 0 spiro atoms. The summed E-state index contributed by atoms with van der Waals surface area (Å²) in [4.78, 5) is 11.6. The second-order valence-corrected chi connectivity index (χ2v) is 4.64. The summed E-state index contributed by atoms with van der Waals surface area (Å²) in [5.74, 6) is -0.214. The van der Waals surface area contributed by atoms with Gasteiger partial charge in [-0.05, 0) is 6.26 Å². The van der Waals surface area contributed by atoms with Crippen LogP contribution in [-0.4, -0.2) is 33.7 Å². The summed E-state index contributed by atoms with van der Waals surface area (Å²) in [5.41, 5.74) is 6.34. The number of nitrogens with zero attached hydrogens (tertiary/aromatic N) is 2. The van der Waals surface area contributed by atoms with Gasteiger partial charge in [-0.25, -0.2) is 0 Å². The maximum absolute atomic E-state index is 11.6. The van der Waals surface area contributed by atoms with Crippen molar-refractivity contribution in [1.29, 1.82) is 0 Å². The fourth-order valence-electron chi connectivity index (χ4n) is 1.09. The molecule has 1 aromatic rings. The summed E-state index contributed by atoms with van der Waals surface area (Å²) < 4.78 is 1.53. The van der Waals surface area contributed by atoms with Crippen molar-refractivity contribution in [1.82, 2.24) is 15.1 Å². The fourth-order valence-corrected chi connectivity index (χ4v) is 1.34. The van der Waals surface area contributed by atoms with Crippen LogP contribution in [0.4, 0.5) is 5.69 Å². The van der Waals surface area contributed by atoms with E-state index >= 15 is 0 Å². The van der Waals surface area contributed by atoms with Crippen molar-refractivity contribution in [2.45, 2.75) is 12.2 Å². The number of nitrogens with two attached hydrogens (primary N) is 1. The lowest BCUT2D eigenvalue weighted by Gasteiger charge is -2.08. The molecule has 5 nitrogen and oxygen atoms in total. The molecule has 84 valence electrons. The first-order valence-corrected chi connectivity index (χ1v) is 5.93. The zero-order chi connectivity index (χ0) is 11.4. The minimum Gasteiger partial charge on any atom is -0.396 e. The molecule has 1 aromatic heterocycles. The monoisotopic (exact) mass is 228 g/mol. The molecule has 0 aromatic carbocycles. The van der Waals surface area contributed by atoms with Gasteiger partial charge in [0.25, 0.3) is 5.91 Å². The van der Waals surface area contributed by atoms with Crippen molar-refractivity contribution in [3.05, 3.63) is 11.9 Å². The summed E-state index contributed by atoms with van der Waals surface area (Å²) in [5, 5.41) is 7.16. The summed E-state index contributed by atoms with van der Waals surface area (Å²) in [7, 11) is 1.73. The van der Waals surface area contributed by atoms with E-state index in [0.717, 1.165) is 0 Å². The maximum Gasteiger partial charge on any atom is 0.273 e. The van der Waals surface area contributed by atoms with E-state index in [4.69, 9.17) is 5.73 Å². The number of thioether (sulfide) groups is 1. The van der Waals surface area contributed by atoms with Crippen LogP contribution < -0.4 is 11.1 Å². The third kappa shape index (κ3) is 3.16. The summed E-state index contributed by atoms with van der Waals surface area (Å²) in [6.07, 6.45) is 3.62. The number of carbonyl (C=O) groups is 1. The zero-order valence-corrected chi connectivity index (χ0v) is 9.97. The average molecular weight is 228 g/mol. The van der Waals surface area contributed by atoms with Crippen LogP contribution in [0.5, 0.6) is 0 Å². The Bertz CT molecular complexity index is 350. The Hall–Kier alpha value is -1.17. The highest BCUT2D eigenvalue weighted by Crippen LogP contribution is 2.08. The van der Waals surface area contributed by atoms with E-state index in [-0.39, 0.29) is 5.91 Å². The van der Waals surface area contributed by atoms with Gasteiger partial charge in [0.05, 0.1) is 5.69 Å². The third-order valence-corrected chi connectivity index (χ3v) is 3.00. The number of amides is 1. The van der Waals surface area contributed by atoms with Gasteiger partial charge in [-0.15, -0.1) is 0 Å². The normalized spacial score (nSPS) is 12.5. The number of carbonyl (C=O) groups excluding carboxylic acids is 1. The van der Waals surface area contributed by atoms with Gasteiger partial charge in [0.15, 0.2) is 5.69 Å². The molecule has 0 fully saturated rings. The first-order chi connectivity index (χ1) is 7.04. The predicted molar refractivity (Wildman–Crippen MR) is 62.9 cm³/mol. The number of rotatable bonds is 4. The van der Waals surface area contributed by atoms with E-state index < -0.39 is 0 Å². The standard InChI is InChI=1S/C9H16N4OS/c1-6(15-3)4-11-9(14)8-7(10)5-13(2)12-8/h5-6H,4,10H2,1-3H3,(H,11,14). The number of aryl methyl sites for hydroxylation is 1. The Morgan fingerprint density at radius 2 is 2.47 bits per heavy atom. The molecule has 3 N–H and O–H groups in total. The van der Waals surface area contributed by atoms with Crippen molar-refractivity contribution in [2.24, 2.45) is 7.05 Å². The van der Waals surface area contributed by atoms with Crippen LogP contribution in [0.25, 0.3) is 0 Å². The van der Waals surface area contributed by atoms with Crippen molar-refractivity contribution in [2.75, 3.05) is 18.5 Å². The summed E-state index contributed by atoms with van der Waals surface area (Å²) in [6.45, 7) is 2.67. The van der Waals surface area contributed by atoms with Crippen molar-refractivity contribution < 1.29 is 4.79 Å². The van der Waals surface area contributed by atoms with Gasteiger partial charge < -0.3 is 11.1 Å². The average Bonchev–Trinajstić information content (AvgIpc) is 2.53. The first-order valence-electron chi connectivity index (χ1n) is 4.64. The Kier molecular flexibility index (Phi) is 4.02. The van der Waals surface area contributed by atoms with Gasteiger partial charge in [0.2, 0.25) is 0 Å². The van der Waals surface area contributed by atoms with Gasteiger partial charge in [-0.3, -0.25) is 9.48 Å². The number of nitrogen functional groups attached to an aromatic ring is 1. The van der Waals surface area contributed by atoms with Crippen LogP contribution in [0.3, 0.4) is 0 Å². The van der Waals surface area contributed by atoms with Crippen LogP contribution in [0.2, 0.25) is 0 Å². The predicted octanol–water partition coefficient (Wildman–Crippen LogP) is 0.484. The van der Waals surface area contributed by atoms with Gasteiger partial charge in [0.1, 0.15) is 0 Å². The molecular formula is C9H16N4OS. The molecule has 0 aliphatic heterocycles. The second kappa shape index (κ2) is 5.06. The summed E-state index contributed by atoms with van der Waals surface area (Å²) in [6, 6.07) is 0. The molecule has 1 heterocycles. The van der Waals surface area contributed by atoms with E-state index in [1.165, 1.54) is 4.68 Å². The van der Waals surface area contributed by atoms with Crippen molar-refractivity contribution in [3.63, 3.8) is 0 Å². The molecule has 15 heavy (non-hydrogen) atoms. The van der Waals surface area contributed by atoms with Crippen LogP contribution >= 0.6 is 11.8 Å². The highest BCUT2D eigenvalue weighted by molar-refractivity contribution is 7.99. The topological polar surface area (TPSA) is 72.9 Å². The Morgan fingerprint density at radius 3 is 2.93 bits per heavy atom. The molecule has 0 aliphatic rings. The largest absolute Gasteiger partial charge is 0.396 e. The molecule has 1 atom stereocenters. The minimum atomic E-state index is -0.214. The van der Waals surface area contributed by atoms with E-state index in [1.54, 1.807) is 25.0 Å². The van der Waals surface area contributed by atoms with Gasteiger partial charge in [-0.2, -0.15) is 16.9 Å². The van der Waals surface area contributed by atoms with E-state index in [0.29, 0.717) is 23.2 Å². The van der Waals surface area contributed by atoms with E-state index in [1.807, 2.05) is 13.2 Å². The molecular weight excluding hydrogens is 212 g/mol. The number of anilines is 1. The van der Waals surface area contributed by atoms with Gasteiger partial charge in [0, 0.05) is 25.0 Å². The van der Waals surface area contributed by atoms with Gasteiger partial charge in [-0.1, -0.05) is 6.92 Å². The molecule has 1 amide bonds. The Morgan fingerprint density at radius 1 is 1.80 bits per heavy atom. The van der Waals surface area contributed by atoms with Crippen LogP contribution in [0.1, 0.15) is 17.4 Å². The highest BCUT2D eigenvalue weighted by atomic mass is 32.2.